The minimum atomic E-state index is -1.07. The van der Waals surface area contributed by atoms with Crippen LogP contribution in [0.1, 0.15) is 23.2 Å². The zero-order valence-corrected chi connectivity index (χ0v) is 14.1. The third-order valence-corrected chi connectivity index (χ3v) is 4.00. The van der Waals surface area contributed by atoms with Gasteiger partial charge in [-0.3, -0.25) is 4.79 Å². The number of hydrogen-bond acceptors (Lipinski definition) is 5. The number of halogens is 2. The summed E-state index contributed by atoms with van der Waals surface area (Å²) in [6, 6.07) is 3.01. The van der Waals surface area contributed by atoms with Gasteiger partial charge in [0.25, 0.3) is 5.91 Å². The molecule has 8 heteroatoms. The van der Waals surface area contributed by atoms with Gasteiger partial charge >= 0.3 is 0 Å². The lowest BCUT2D eigenvalue weighted by Crippen LogP contribution is -2.23. The minimum absolute atomic E-state index is 0.0206. The molecule has 0 spiro atoms. The van der Waals surface area contributed by atoms with Crippen molar-refractivity contribution < 1.29 is 13.6 Å². The van der Waals surface area contributed by atoms with Crippen LogP contribution in [-0.2, 0) is 0 Å². The van der Waals surface area contributed by atoms with Gasteiger partial charge in [-0.05, 0) is 31.0 Å². The Morgan fingerprint density at radius 3 is 2.56 bits per heavy atom. The standard InChI is InChI=1S/C17H19F2N5O/c1-23(2)15-14(10-20-17(22-15)24-7-3-4-8-24)21-16(25)11-5-6-12(18)13(19)9-11/h5-6,9-10H,3-4,7-8H2,1-2H3,(H,21,25). The number of benzene rings is 1. The second-order valence-electron chi connectivity index (χ2n) is 6.08. The Hall–Kier alpha value is -2.77. The lowest BCUT2D eigenvalue weighted by molar-refractivity contribution is 0.102. The van der Waals surface area contributed by atoms with Gasteiger partial charge in [-0.1, -0.05) is 0 Å². The SMILES string of the molecule is CN(C)c1nc(N2CCCC2)ncc1NC(=O)c1ccc(F)c(F)c1. The molecule has 1 aromatic heterocycles. The lowest BCUT2D eigenvalue weighted by atomic mass is 10.2. The quantitative estimate of drug-likeness (QED) is 0.921. The predicted octanol–water partition coefficient (Wildman–Crippen LogP) is 2.67. The summed E-state index contributed by atoms with van der Waals surface area (Å²) in [7, 11) is 3.62. The Kier molecular flexibility index (Phi) is 4.78. The van der Waals surface area contributed by atoms with Crippen LogP contribution < -0.4 is 15.1 Å². The Morgan fingerprint density at radius 2 is 1.92 bits per heavy atom. The molecule has 2 heterocycles. The van der Waals surface area contributed by atoms with Gasteiger partial charge in [-0.15, -0.1) is 0 Å². The van der Waals surface area contributed by atoms with E-state index in [-0.39, 0.29) is 5.56 Å². The van der Waals surface area contributed by atoms with E-state index in [1.807, 2.05) is 14.1 Å². The molecule has 0 bridgehead atoms. The summed E-state index contributed by atoms with van der Waals surface area (Å²) in [6.07, 6.45) is 3.75. The molecule has 0 unspecified atom stereocenters. The molecule has 1 amide bonds. The van der Waals surface area contributed by atoms with Crippen LogP contribution in [0.5, 0.6) is 0 Å². The van der Waals surface area contributed by atoms with Crippen molar-refractivity contribution in [3.05, 3.63) is 41.6 Å². The second-order valence-corrected chi connectivity index (χ2v) is 6.08. The van der Waals surface area contributed by atoms with Crippen LogP contribution in [0.15, 0.2) is 24.4 Å². The van der Waals surface area contributed by atoms with Crippen molar-refractivity contribution in [1.82, 2.24) is 9.97 Å². The van der Waals surface area contributed by atoms with E-state index in [2.05, 4.69) is 20.2 Å². The van der Waals surface area contributed by atoms with Crippen LogP contribution in [0.3, 0.4) is 0 Å². The summed E-state index contributed by atoms with van der Waals surface area (Å²) >= 11 is 0. The molecule has 0 saturated carbocycles. The summed E-state index contributed by atoms with van der Waals surface area (Å²) < 4.78 is 26.3. The van der Waals surface area contributed by atoms with Crippen LogP contribution in [0.2, 0.25) is 0 Å². The number of nitrogens with zero attached hydrogens (tertiary/aromatic N) is 4. The average Bonchev–Trinajstić information content (AvgIpc) is 3.12. The fourth-order valence-electron chi connectivity index (χ4n) is 2.69. The van der Waals surface area contributed by atoms with Crippen molar-refractivity contribution >= 4 is 23.4 Å². The normalized spacial score (nSPS) is 13.8. The zero-order chi connectivity index (χ0) is 18.0. The van der Waals surface area contributed by atoms with Gasteiger partial charge in [0, 0.05) is 32.7 Å². The fourth-order valence-corrected chi connectivity index (χ4v) is 2.69. The zero-order valence-electron chi connectivity index (χ0n) is 14.1. The molecule has 132 valence electrons. The van der Waals surface area contributed by atoms with E-state index in [1.165, 1.54) is 12.3 Å². The van der Waals surface area contributed by atoms with Crippen molar-refractivity contribution in [2.24, 2.45) is 0 Å². The highest BCUT2D eigenvalue weighted by Crippen LogP contribution is 2.26. The first-order chi connectivity index (χ1) is 12.0. The largest absolute Gasteiger partial charge is 0.361 e. The fraction of sp³-hybridized carbons (Fsp3) is 0.353. The molecule has 25 heavy (non-hydrogen) atoms. The summed E-state index contributed by atoms with van der Waals surface area (Å²) in [5.41, 5.74) is 0.426. The van der Waals surface area contributed by atoms with Crippen LogP contribution in [0.4, 0.5) is 26.2 Å². The molecular weight excluding hydrogens is 328 g/mol. The highest BCUT2D eigenvalue weighted by atomic mass is 19.2. The summed E-state index contributed by atoms with van der Waals surface area (Å²) in [6.45, 7) is 1.82. The van der Waals surface area contributed by atoms with Gasteiger partial charge in [0.15, 0.2) is 17.5 Å². The number of nitrogens with one attached hydrogen (secondary N) is 1. The minimum Gasteiger partial charge on any atom is -0.361 e. The van der Waals surface area contributed by atoms with Gasteiger partial charge < -0.3 is 15.1 Å². The number of hydrogen-bond donors (Lipinski definition) is 1. The topological polar surface area (TPSA) is 61.4 Å². The van der Waals surface area contributed by atoms with Crippen LogP contribution in [0, 0.1) is 11.6 Å². The van der Waals surface area contributed by atoms with E-state index >= 15 is 0 Å². The monoisotopic (exact) mass is 347 g/mol. The van der Waals surface area contributed by atoms with Crippen molar-refractivity contribution in [2.75, 3.05) is 42.3 Å². The molecule has 0 atom stereocenters. The first-order valence-electron chi connectivity index (χ1n) is 8.01. The average molecular weight is 347 g/mol. The molecule has 0 radical (unpaired) electrons. The van der Waals surface area contributed by atoms with Crippen LogP contribution in [0.25, 0.3) is 0 Å². The predicted molar refractivity (Wildman–Crippen MR) is 92.1 cm³/mol. The van der Waals surface area contributed by atoms with Crippen molar-refractivity contribution in [1.29, 1.82) is 0 Å². The number of anilines is 3. The Bertz CT molecular complexity index is 791. The third kappa shape index (κ3) is 3.67. The highest BCUT2D eigenvalue weighted by Gasteiger charge is 2.19. The number of amides is 1. The Balaban J connectivity index is 1.85. The first-order valence-corrected chi connectivity index (χ1v) is 8.01. The molecule has 1 aliphatic heterocycles. The molecule has 2 aromatic rings. The van der Waals surface area contributed by atoms with Gasteiger partial charge in [0.1, 0.15) is 5.69 Å². The smallest absolute Gasteiger partial charge is 0.255 e. The Morgan fingerprint density at radius 1 is 1.20 bits per heavy atom. The molecule has 1 saturated heterocycles. The summed E-state index contributed by atoms with van der Waals surface area (Å²) in [4.78, 5) is 25.0. The molecule has 1 fully saturated rings. The maximum absolute atomic E-state index is 13.3. The van der Waals surface area contributed by atoms with Gasteiger partial charge in [-0.25, -0.2) is 13.8 Å². The van der Waals surface area contributed by atoms with E-state index in [0.717, 1.165) is 38.1 Å². The molecule has 6 nitrogen and oxygen atoms in total. The number of rotatable bonds is 4. The maximum Gasteiger partial charge on any atom is 0.255 e. The van der Waals surface area contributed by atoms with Gasteiger partial charge in [0.05, 0.1) is 6.20 Å². The number of carbonyl (C=O) groups is 1. The van der Waals surface area contributed by atoms with Crippen molar-refractivity contribution in [3.8, 4) is 0 Å². The van der Waals surface area contributed by atoms with Gasteiger partial charge in [-0.2, -0.15) is 4.98 Å². The first kappa shape index (κ1) is 17.1. The third-order valence-electron chi connectivity index (χ3n) is 4.00. The number of carbonyl (C=O) groups excluding carboxylic acids is 1. The van der Waals surface area contributed by atoms with Crippen LogP contribution >= 0.6 is 0 Å². The molecule has 1 aliphatic rings. The van der Waals surface area contributed by atoms with Gasteiger partial charge in [0.2, 0.25) is 5.95 Å². The second kappa shape index (κ2) is 7.00. The summed E-state index contributed by atoms with van der Waals surface area (Å²) in [5.74, 6) is -1.45. The highest BCUT2D eigenvalue weighted by molar-refractivity contribution is 6.05. The van der Waals surface area contributed by atoms with E-state index in [1.54, 1.807) is 4.90 Å². The van der Waals surface area contributed by atoms with E-state index in [4.69, 9.17) is 0 Å². The molecule has 1 aromatic carbocycles. The maximum atomic E-state index is 13.3. The van der Waals surface area contributed by atoms with Crippen LogP contribution in [-0.4, -0.2) is 43.1 Å². The molecular formula is C17H19F2N5O. The molecule has 3 rings (SSSR count). The Labute approximate surface area is 144 Å². The van der Waals surface area contributed by atoms with Crippen molar-refractivity contribution in [3.63, 3.8) is 0 Å². The lowest BCUT2D eigenvalue weighted by Gasteiger charge is -2.21. The van der Waals surface area contributed by atoms with E-state index in [9.17, 15) is 13.6 Å². The molecule has 0 aliphatic carbocycles. The van der Waals surface area contributed by atoms with E-state index in [0.29, 0.717) is 17.5 Å². The van der Waals surface area contributed by atoms with Crippen molar-refractivity contribution in [2.45, 2.75) is 12.8 Å². The summed E-state index contributed by atoms with van der Waals surface area (Å²) in [5, 5.41) is 2.66. The van der Waals surface area contributed by atoms with E-state index < -0.39 is 17.5 Å². The molecule has 1 N–H and O–H groups in total. The number of aromatic nitrogens is 2.